The standard InChI is InChI=1S/C16H17NO/c1-4-12-9-10(2)11(3)15-13-7-5-6-8-14(13)16(18)17(12)15/h5-8,12,15H,2-4,9H2,1H3/t12?,15-/m1/s1. The molecule has 3 rings (SSSR count). The van der Waals surface area contributed by atoms with Gasteiger partial charge in [0.25, 0.3) is 5.91 Å². The quantitative estimate of drug-likeness (QED) is 0.734. The minimum Gasteiger partial charge on any atom is -0.324 e. The molecule has 0 aliphatic carbocycles. The first-order chi connectivity index (χ1) is 8.65. The number of hydrogen-bond donors (Lipinski definition) is 0. The van der Waals surface area contributed by atoms with Crippen LogP contribution in [-0.2, 0) is 0 Å². The Morgan fingerprint density at radius 3 is 2.78 bits per heavy atom. The maximum Gasteiger partial charge on any atom is 0.255 e. The molecule has 1 unspecified atom stereocenters. The van der Waals surface area contributed by atoms with Gasteiger partial charge in [-0.25, -0.2) is 0 Å². The summed E-state index contributed by atoms with van der Waals surface area (Å²) in [5, 5.41) is 0. The van der Waals surface area contributed by atoms with Crippen molar-refractivity contribution in [2.45, 2.75) is 31.8 Å². The van der Waals surface area contributed by atoms with E-state index in [2.05, 4.69) is 20.1 Å². The number of nitrogens with zero attached hydrogens (tertiary/aromatic N) is 1. The van der Waals surface area contributed by atoms with E-state index in [9.17, 15) is 4.79 Å². The monoisotopic (exact) mass is 239 g/mol. The molecular weight excluding hydrogens is 222 g/mol. The molecule has 1 saturated heterocycles. The molecule has 2 aliphatic rings. The number of carbonyl (C=O) groups excluding carboxylic acids is 1. The number of rotatable bonds is 1. The van der Waals surface area contributed by atoms with Crippen LogP contribution in [0.25, 0.3) is 0 Å². The Labute approximate surface area is 108 Å². The van der Waals surface area contributed by atoms with Gasteiger partial charge in [0.1, 0.15) is 0 Å². The third-order valence-corrected chi connectivity index (χ3v) is 4.13. The average molecular weight is 239 g/mol. The molecule has 2 heterocycles. The van der Waals surface area contributed by atoms with Crippen molar-refractivity contribution >= 4 is 5.91 Å². The molecule has 0 saturated carbocycles. The normalized spacial score (nSPS) is 26.3. The van der Waals surface area contributed by atoms with Crippen molar-refractivity contribution in [3.8, 4) is 0 Å². The highest BCUT2D eigenvalue weighted by Crippen LogP contribution is 2.46. The number of carbonyl (C=O) groups is 1. The van der Waals surface area contributed by atoms with Crippen molar-refractivity contribution in [1.82, 2.24) is 4.90 Å². The summed E-state index contributed by atoms with van der Waals surface area (Å²) in [5.41, 5.74) is 4.01. The van der Waals surface area contributed by atoms with Crippen LogP contribution < -0.4 is 0 Å². The van der Waals surface area contributed by atoms with E-state index >= 15 is 0 Å². The molecule has 0 aromatic heterocycles. The lowest BCUT2D eigenvalue weighted by atomic mass is 9.85. The fraction of sp³-hybridized carbons (Fsp3) is 0.312. The maximum absolute atomic E-state index is 12.5. The molecule has 1 amide bonds. The Balaban J connectivity index is 2.16. The second kappa shape index (κ2) is 3.84. The van der Waals surface area contributed by atoms with Gasteiger partial charge in [-0.1, -0.05) is 38.3 Å². The Bertz CT molecular complexity index is 558. The topological polar surface area (TPSA) is 20.3 Å². The second-order valence-corrected chi connectivity index (χ2v) is 5.10. The van der Waals surface area contributed by atoms with Gasteiger partial charge in [-0.3, -0.25) is 4.79 Å². The summed E-state index contributed by atoms with van der Waals surface area (Å²) < 4.78 is 0. The predicted octanol–water partition coefficient (Wildman–Crippen LogP) is 3.48. The summed E-state index contributed by atoms with van der Waals surface area (Å²) in [6.45, 7) is 10.4. The number of amides is 1. The van der Waals surface area contributed by atoms with E-state index in [1.165, 1.54) is 0 Å². The molecule has 2 heteroatoms. The van der Waals surface area contributed by atoms with Crippen LogP contribution in [0.15, 0.2) is 48.6 Å². The summed E-state index contributed by atoms with van der Waals surface area (Å²) in [6, 6.07) is 8.13. The number of benzene rings is 1. The number of fused-ring (bicyclic) bond motifs is 3. The highest BCUT2D eigenvalue weighted by molar-refractivity contribution is 6.00. The number of piperidine rings is 1. The van der Waals surface area contributed by atoms with Gasteiger partial charge < -0.3 is 4.90 Å². The average Bonchev–Trinajstić information content (AvgIpc) is 2.69. The third kappa shape index (κ3) is 1.32. The summed E-state index contributed by atoms with van der Waals surface area (Å²) >= 11 is 0. The van der Waals surface area contributed by atoms with Crippen molar-refractivity contribution in [2.75, 3.05) is 0 Å². The summed E-state index contributed by atoms with van der Waals surface area (Å²) in [6.07, 6.45) is 1.81. The molecule has 2 atom stereocenters. The molecule has 0 radical (unpaired) electrons. The van der Waals surface area contributed by atoms with E-state index in [0.29, 0.717) is 0 Å². The van der Waals surface area contributed by atoms with E-state index in [0.717, 1.165) is 35.1 Å². The highest BCUT2D eigenvalue weighted by Gasteiger charge is 2.44. The van der Waals surface area contributed by atoms with Gasteiger partial charge in [-0.05, 0) is 35.6 Å². The van der Waals surface area contributed by atoms with E-state index in [-0.39, 0.29) is 18.0 Å². The molecule has 0 bridgehead atoms. The van der Waals surface area contributed by atoms with Crippen LogP contribution >= 0.6 is 0 Å². The molecule has 2 nitrogen and oxygen atoms in total. The van der Waals surface area contributed by atoms with E-state index in [4.69, 9.17) is 0 Å². The summed E-state index contributed by atoms with van der Waals surface area (Å²) in [5.74, 6) is 0.149. The Morgan fingerprint density at radius 2 is 2.06 bits per heavy atom. The Kier molecular flexibility index (Phi) is 2.40. The number of hydrogen-bond acceptors (Lipinski definition) is 1. The van der Waals surface area contributed by atoms with Crippen molar-refractivity contribution in [1.29, 1.82) is 0 Å². The molecule has 0 spiro atoms. The van der Waals surface area contributed by atoms with Crippen molar-refractivity contribution in [3.05, 3.63) is 59.7 Å². The molecule has 0 N–H and O–H groups in total. The van der Waals surface area contributed by atoms with Crippen LogP contribution in [0.2, 0.25) is 0 Å². The van der Waals surface area contributed by atoms with Crippen LogP contribution in [0.5, 0.6) is 0 Å². The highest BCUT2D eigenvalue weighted by atomic mass is 16.2. The first kappa shape index (κ1) is 11.3. The van der Waals surface area contributed by atoms with Crippen LogP contribution in [0.1, 0.15) is 41.7 Å². The first-order valence-electron chi connectivity index (χ1n) is 6.43. The van der Waals surface area contributed by atoms with Crippen molar-refractivity contribution in [2.24, 2.45) is 0 Å². The van der Waals surface area contributed by atoms with Gasteiger partial charge >= 0.3 is 0 Å². The van der Waals surface area contributed by atoms with Gasteiger partial charge in [0.15, 0.2) is 0 Å². The second-order valence-electron chi connectivity index (χ2n) is 5.10. The lowest BCUT2D eigenvalue weighted by molar-refractivity contribution is 0.0628. The SMILES string of the molecule is C=C1CC(CC)N2C(=O)c3ccccc3[C@H]2C1=C. The van der Waals surface area contributed by atoms with Crippen molar-refractivity contribution < 1.29 is 4.79 Å². The molecule has 1 aromatic rings. The molecule has 2 aliphatic heterocycles. The fourth-order valence-corrected chi connectivity index (χ4v) is 3.12. The minimum atomic E-state index is 0.0138. The maximum atomic E-state index is 12.5. The Hall–Kier alpha value is -1.83. The molecule has 1 aromatic carbocycles. The zero-order valence-corrected chi connectivity index (χ0v) is 10.6. The lowest BCUT2D eigenvalue weighted by Crippen LogP contribution is -2.42. The fourth-order valence-electron chi connectivity index (χ4n) is 3.12. The molecule has 1 fully saturated rings. The van der Waals surface area contributed by atoms with Gasteiger partial charge in [-0.15, -0.1) is 0 Å². The summed E-state index contributed by atoms with van der Waals surface area (Å²) in [4.78, 5) is 14.5. The van der Waals surface area contributed by atoms with E-state index in [1.54, 1.807) is 0 Å². The summed E-state index contributed by atoms with van der Waals surface area (Å²) in [7, 11) is 0. The first-order valence-corrected chi connectivity index (χ1v) is 6.43. The zero-order chi connectivity index (χ0) is 12.9. The van der Waals surface area contributed by atoms with Gasteiger partial charge in [0.2, 0.25) is 0 Å². The van der Waals surface area contributed by atoms with E-state index < -0.39 is 0 Å². The molecule has 18 heavy (non-hydrogen) atoms. The van der Waals surface area contributed by atoms with Crippen molar-refractivity contribution in [3.63, 3.8) is 0 Å². The molecular formula is C16H17NO. The van der Waals surface area contributed by atoms with Gasteiger partial charge in [0.05, 0.1) is 6.04 Å². The zero-order valence-electron chi connectivity index (χ0n) is 10.6. The van der Waals surface area contributed by atoms with Gasteiger partial charge in [-0.2, -0.15) is 0 Å². The van der Waals surface area contributed by atoms with Crippen LogP contribution in [-0.4, -0.2) is 16.8 Å². The largest absolute Gasteiger partial charge is 0.324 e. The van der Waals surface area contributed by atoms with Crippen LogP contribution in [0.4, 0.5) is 0 Å². The smallest absolute Gasteiger partial charge is 0.255 e. The minimum absolute atomic E-state index is 0.0138. The Morgan fingerprint density at radius 1 is 1.33 bits per heavy atom. The molecule has 92 valence electrons. The van der Waals surface area contributed by atoms with Gasteiger partial charge in [0, 0.05) is 11.6 Å². The van der Waals surface area contributed by atoms with Crippen LogP contribution in [0, 0.1) is 0 Å². The van der Waals surface area contributed by atoms with Crippen LogP contribution in [0.3, 0.4) is 0 Å². The van der Waals surface area contributed by atoms with E-state index in [1.807, 2.05) is 29.2 Å². The predicted molar refractivity (Wildman–Crippen MR) is 72.3 cm³/mol. The third-order valence-electron chi connectivity index (χ3n) is 4.13. The lowest BCUT2D eigenvalue weighted by Gasteiger charge is -2.40.